The molecule has 8 heteroatoms. The lowest BCUT2D eigenvalue weighted by molar-refractivity contribution is 0.0690. The van der Waals surface area contributed by atoms with Crippen molar-refractivity contribution in [2.24, 2.45) is 0 Å². The second-order valence-electron chi connectivity index (χ2n) is 7.27. The fourth-order valence-electron chi connectivity index (χ4n) is 3.69. The molecule has 0 radical (unpaired) electrons. The maximum atomic E-state index is 14.4. The van der Waals surface area contributed by atoms with Gasteiger partial charge in [0.05, 0.1) is 12.2 Å². The molecule has 1 aliphatic heterocycles. The number of carbonyl (C=O) groups is 2. The predicted molar refractivity (Wildman–Crippen MR) is 107 cm³/mol. The van der Waals surface area contributed by atoms with Gasteiger partial charge in [-0.25, -0.2) is 13.6 Å². The van der Waals surface area contributed by atoms with Crippen LogP contribution in [0.3, 0.4) is 0 Å². The number of amides is 1. The summed E-state index contributed by atoms with van der Waals surface area (Å²) in [5.41, 5.74) is -0.508. The minimum atomic E-state index is -1.43. The fraction of sp³-hybridized carbons (Fsp3) is 0.174. The van der Waals surface area contributed by atoms with Crippen molar-refractivity contribution in [3.05, 3.63) is 94.3 Å². The minimum Gasteiger partial charge on any atom is -0.491 e. The van der Waals surface area contributed by atoms with Crippen molar-refractivity contribution in [3.63, 3.8) is 0 Å². The highest BCUT2D eigenvalue weighted by atomic mass is 19.1. The van der Waals surface area contributed by atoms with Gasteiger partial charge in [0.2, 0.25) is 0 Å². The van der Waals surface area contributed by atoms with E-state index in [9.17, 15) is 18.4 Å². The van der Waals surface area contributed by atoms with Crippen molar-refractivity contribution in [1.29, 1.82) is 0 Å². The molecule has 0 saturated heterocycles. The normalized spacial score (nSPS) is 17.4. The molecule has 31 heavy (non-hydrogen) atoms. The Bertz CT molecular complexity index is 1200. The number of ether oxygens (including phenoxy) is 1. The van der Waals surface area contributed by atoms with Gasteiger partial charge in [-0.15, -0.1) is 0 Å². The number of nitrogens with zero attached hydrogens (tertiary/aromatic N) is 1. The lowest BCUT2D eigenvalue weighted by Crippen LogP contribution is -2.50. The van der Waals surface area contributed by atoms with Crippen LogP contribution in [-0.4, -0.2) is 28.6 Å². The van der Waals surface area contributed by atoms with Gasteiger partial charge in [0.15, 0.2) is 0 Å². The number of nitrogens with one attached hydrogen (secondary N) is 1. The van der Waals surface area contributed by atoms with Crippen molar-refractivity contribution in [3.8, 4) is 5.75 Å². The Hall–Kier alpha value is -3.81. The Morgan fingerprint density at radius 3 is 2.65 bits per heavy atom. The van der Waals surface area contributed by atoms with Crippen LogP contribution < -0.4 is 10.1 Å². The first-order chi connectivity index (χ1) is 14.8. The van der Waals surface area contributed by atoms with Crippen LogP contribution in [0.4, 0.5) is 8.78 Å². The van der Waals surface area contributed by atoms with E-state index >= 15 is 0 Å². The molecule has 1 aromatic heterocycles. The third-order valence-corrected chi connectivity index (χ3v) is 5.36. The summed E-state index contributed by atoms with van der Waals surface area (Å²) in [5, 5.41) is 11.9. The third-order valence-electron chi connectivity index (χ3n) is 5.36. The number of pyridine rings is 1. The van der Waals surface area contributed by atoms with Crippen molar-refractivity contribution in [2.75, 3.05) is 6.61 Å². The van der Waals surface area contributed by atoms with Crippen LogP contribution in [0.15, 0.2) is 54.7 Å². The summed E-state index contributed by atoms with van der Waals surface area (Å²) in [6.07, 6.45) is 1.81. The smallest absolute Gasteiger partial charge is 0.338 e. The summed E-state index contributed by atoms with van der Waals surface area (Å²) in [4.78, 5) is 28.5. The van der Waals surface area contributed by atoms with Crippen molar-refractivity contribution >= 4 is 11.9 Å². The molecule has 0 bridgehead atoms. The summed E-state index contributed by atoms with van der Waals surface area (Å²) in [6.45, 7) is 1.87. The molecular weight excluding hydrogens is 406 g/mol. The van der Waals surface area contributed by atoms with Crippen LogP contribution in [-0.2, 0) is 5.54 Å². The van der Waals surface area contributed by atoms with Crippen LogP contribution in [0.1, 0.15) is 44.0 Å². The van der Waals surface area contributed by atoms with E-state index in [-0.39, 0.29) is 18.6 Å². The van der Waals surface area contributed by atoms with Crippen LogP contribution in [0, 0.1) is 18.6 Å². The van der Waals surface area contributed by atoms with Gasteiger partial charge in [-0.05, 0) is 54.4 Å². The topological polar surface area (TPSA) is 88.5 Å². The number of aromatic nitrogens is 1. The standard InChI is InChI=1S/C23H18F2N2O4/c1-13-4-6-15(12-17(13)24)23(8-10-31-19-3-2-9-26-20(19)23)27-21(28)14-5-7-16(22(29)30)18(25)11-14/h2-7,9,11-12H,8,10H2,1H3,(H,27,28)(H,29,30)/t23-/m0/s1. The molecule has 0 saturated carbocycles. The maximum absolute atomic E-state index is 14.4. The zero-order chi connectivity index (χ0) is 22.2. The number of aromatic carboxylic acids is 1. The van der Waals surface area contributed by atoms with Gasteiger partial charge in [-0.3, -0.25) is 9.78 Å². The average molecular weight is 424 g/mol. The van der Waals surface area contributed by atoms with Gasteiger partial charge < -0.3 is 15.2 Å². The predicted octanol–water partition coefficient (Wildman–Crippen LogP) is 3.82. The highest BCUT2D eigenvalue weighted by molar-refractivity contribution is 5.96. The van der Waals surface area contributed by atoms with E-state index in [1.165, 1.54) is 12.1 Å². The minimum absolute atomic E-state index is 0.0709. The number of halogens is 2. The van der Waals surface area contributed by atoms with Crippen LogP contribution in [0.2, 0.25) is 0 Å². The van der Waals surface area contributed by atoms with E-state index in [0.29, 0.717) is 22.6 Å². The largest absolute Gasteiger partial charge is 0.491 e. The molecule has 1 amide bonds. The Labute approximate surface area is 176 Å². The molecule has 1 atom stereocenters. The highest BCUT2D eigenvalue weighted by Gasteiger charge is 2.43. The SMILES string of the molecule is Cc1ccc([C@@]2(NC(=O)c3ccc(C(=O)O)c(F)c3)CCOc3cccnc32)cc1F. The van der Waals surface area contributed by atoms with Crippen LogP contribution >= 0.6 is 0 Å². The Morgan fingerprint density at radius 1 is 1.13 bits per heavy atom. The van der Waals surface area contributed by atoms with E-state index in [2.05, 4.69) is 10.3 Å². The molecule has 0 spiro atoms. The number of fused-ring (bicyclic) bond motifs is 1. The number of hydrogen-bond donors (Lipinski definition) is 2. The number of benzene rings is 2. The lowest BCUT2D eigenvalue weighted by atomic mass is 9.80. The Balaban J connectivity index is 1.82. The average Bonchev–Trinajstić information content (AvgIpc) is 2.75. The molecule has 0 unspecified atom stereocenters. The van der Waals surface area contributed by atoms with Gasteiger partial charge in [-0.2, -0.15) is 0 Å². The molecule has 3 aromatic rings. The van der Waals surface area contributed by atoms with E-state index in [4.69, 9.17) is 9.84 Å². The summed E-state index contributed by atoms with van der Waals surface area (Å²) in [6, 6.07) is 11.2. The summed E-state index contributed by atoms with van der Waals surface area (Å²) < 4.78 is 34.3. The summed E-state index contributed by atoms with van der Waals surface area (Å²) in [5.74, 6) is -3.11. The molecule has 2 heterocycles. The van der Waals surface area contributed by atoms with Crippen LogP contribution in [0.5, 0.6) is 5.75 Å². The quantitative estimate of drug-likeness (QED) is 0.665. The highest BCUT2D eigenvalue weighted by Crippen LogP contribution is 2.41. The second kappa shape index (κ2) is 7.79. The Morgan fingerprint density at radius 2 is 1.94 bits per heavy atom. The van der Waals surface area contributed by atoms with E-state index in [1.54, 1.807) is 37.4 Å². The first kappa shape index (κ1) is 20.5. The van der Waals surface area contributed by atoms with Gasteiger partial charge >= 0.3 is 5.97 Å². The van der Waals surface area contributed by atoms with Gasteiger partial charge in [-0.1, -0.05) is 12.1 Å². The van der Waals surface area contributed by atoms with Gasteiger partial charge in [0, 0.05) is 18.2 Å². The second-order valence-corrected chi connectivity index (χ2v) is 7.27. The van der Waals surface area contributed by atoms with Crippen molar-refractivity contribution in [1.82, 2.24) is 10.3 Å². The molecule has 2 N–H and O–H groups in total. The monoisotopic (exact) mass is 424 g/mol. The van der Waals surface area contributed by atoms with Crippen molar-refractivity contribution in [2.45, 2.75) is 18.9 Å². The molecule has 4 rings (SSSR count). The zero-order valence-corrected chi connectivity index (χ0v) is 16.5. The molecule has 2 aromatic carbocycles. The molecule has 0 aliphatic carbocycles. The van der Waals surface area contributed by atoms with Gasteiger partial charge in [0.25, 0.3) is 5.91 Å². The van der Waals surface area contributed by atoms with Gasteiger partial charge in [0.1, 0.15) is 28.6 Å². The molecule has 158 valence electrons. The summed E-state index contributed by atoms with van der Waals surface area (Å²) >= 11 is 0. The maximum Gasteiger partial charge on any atom is 0.338 e. The third kappa shape index (κ3) is 3.61. The number of carbonyl (C=O) groups excluding carboxylic acids is 1. The number of aryl methyl sites for hydroxylation is 1. The first-order valence-electron chi connectivity index (χ1n) is 9.52. The van der Waals surface area contributed by atoms with E-state index < -0.39 is 34.6 Å². The molecular formula is C23H18F2N2O4. The fourth-order valence-corrected chi connectivity index (χ4v) is 3.69. The number of rotatable bonds is 4. The lowest BCUT2D eigenvalue weighted by Gasteiger charge is -2.39. The number of carboxylic acids is 1. The summed E-state index contributed by atoms with van der Waals surface area (Å²) in [7, 11) is 0. The zero-order valence-electron chi connectivity index (χ0n) is 16.5. The molecule has 6 nitrogen and oxygen atoms in total. The van der Waals surface area contributed by atoms with Crippen LogP contribution in [0.25, 0.3) is 0 Å². The van der Waals surface area contributed by atoms with E-state index in [0.717, 1.165) is 12.1 Å². The Kier molecular flexibility index (Phi) is 5.14. The number of hydrogen-bond acceptors (Lipinski definition) is 4. The molecule has 0 fully saturated rings. The number of carboxylic acid groups (broad SMARTS) is 1. The first-order valence-corrected chi connectivity index (χ1v) is 9.52. The molecule has 1 aliphatic rings. The van der Waals surface area contributed by atoms with Crippen molar-refractivity contribution < 1.29 is 28.2 Å². The van der Waals surface area contributed by atoms with E-state index in [1.807, 2.05) is 0 Å².